The van der Waals surface area contributed by atoms with Crippen molar-refractivity contribution < 1.29 is 28.6 Å². The molecular formula is C32H42O6. The van der Waals surface area contributed by atoms with Gasteiger partial charge in [0.15, 0.2) is 5.78 Å². The van der Waals surface area contributed by atoms with Crippen LogP contribution in [0.5, 0.6) is 17.2 Å². The minimum Gasteiger partial charge on any atom is -0.490 e. The van der Waals surface area contributed by atoms with Crippen LogP contribution in [0.25, 0.3) is 6.08 Å². The van der Waals surface area contributed by atoms with Gasteiger partial charge in [0.25, 0.3) is 0 Å². The summed E-state index contributed by atoms with van der Waals surface area (Å²) in [5, 5.41) is 0. The molecule has 0 N–H and O–H groups in total. The second-order valence-electron chi connectivity index (χ2n) is 11.6. The number of ether oxygens (including phenoxy) is 3. The summed E-state index contributed by atoms with van der Waals surface area (Å²) in [5.74, 6) is 0.670. The molecule has 2 aromatic rings. The molecule has 0 aliphatic carbocycles. The fourth-order valence-electron chi connectivity index (χ4n) is 3.45. The lowest BCUT2D eigenvalue weighted by molar-refractivity contribution is -0.143. The molecule has 0 radical (unpaired) electrons. The maximum Gasteiger partial charge on any atom is 0.316 e. The van der Waals surface area contributed by atoms with Crippen LogP contribution in [0.15, 0.2) is 36.4 Å². The van der Waals surface area contributed by atoms with Gasteiger partial charge in [-0.1, -0.05) is 13.8 Å². The van der Waals surface area contributed by atoms with E-state index in [-0.39, 0.29) is 23.8 Å². The van der Waals surface area contributed by atoms with E-state index in [0.29, 0.717) is 35.7 Å². The zero-order valence-corrected chi connectivity index (χ0v) is 24.5. The Morgan fingerprint density at radius 2 is 1.37 bits per heavy atom. The number of carbonyl (C=O) groups is 3. The van der Waals surface area contributed by atoms with Crippen LogP contribution in [-0.2, 0) is 22.4 Å². The predicted molar refractivity (Wildman–Crippen MR) is 151 cm³/mol. The number of hydrogen-bond acceptors (Lipinski definition) is 6. The molecule has 0 saturated heterocycles. The molecule has 38 heavy (non-hydrogen) atoms. The van der Waals surface area contributed by atoms with Gasteiger partial charge >= 0.3 is 11.9 Å². The van der Waals surface area contributed by atoms with E-state index in [4.69, 9.17) is 14.2 Å². The fraction of sp³-hybridized carbons (Fsp3) is 0.469. The molecule has 0 bridgehead atoms. The third-order valence-corrected chi connectivity index (χ3v) is 5.70. The van der Waals surface area contributed by atoms with Crippen molar-refractivity contribution in [1.82, 2.24) is 0 Å². The van der Waals surface area contributed by atoms with Crippen LogP contribution >= 0.6 is 0 Å². The van der Waals surface area contributed by atoms with Gasteiger partial charge < -0.3 is 14.2 Å². The Bertz CT molecular complexity index is 1190. The summed E-state index contributed by atoms with van der Waals surface area (Å²) in [6.07, 6.45) is 4.35. The molecular weight excluding hydrogens is 480 g/mol. The zero-order chi connectivity index (χ0) is 28.8. The van der Waals surface area contributed by atoms with E-state index in [1.165, 1.54) is 6.08 Å². The van der Waals surface area contributed by atoms with Crippen LogP contribution in [-0.4, -0.2) is 23.8 Å². The van der Waals surface area contributed by atoms with Crippen molar-refractivity contribution in [1.29, 1.82) is 0 Å². The number of allylic oxidation sites excluding steroid dienone is 1. The molecule has 0 heterocycles. The SMILES string of the molecule is CCc1cc(C=CC(=O)c2ccc(OC(=O)C(C)(C)C)cc2)c(OC(C)C)c(CC)c1OC(=O)C(C)(C)C. The van der Waals surface area contributed by atoms with Crippen molar-refractivity contribution in [2.45, 2.75) is 88.2 Å². The Balaban J connectivity index is 2.44. The largest absolute Gasteiger partial charge is 0.490 e. The molecule has 0 aliphatic heterocycles. The van der Waals surface area contributed by atoms with Crippen LogP contribution in [0.1, 0.15) is 96.3 Å². The van der Waals surface area contributed by atoms with Gasteiger partial charge in [-0.25, -0.2) is 0 Å². The minimum absolute atomic E-state index is 0.120. The van der Waals surface area contributed by atoms with Crippen LogP contribution in [0, 0.1) is 10.8 Å². The summed E-state index contributed by atoms with van der Waals surface area (Å²) in [7, 11) is 0. The second-order valence-corrected chi connectivity index (χ2v) is 11.6. The van der Waals surface area contributed by atoms with Crippen molar-refractivity contribution in [3.8, 4) is 17.2 Å². The first-order chi connectivity index (χ1) is 17.6. The van der Waals surface area contributed by atoms with E-state index in [0.717, 1.165) is 16.7 Å². The molecule has 0 unspecified atom stereocenters. The third kappa shape index (κ3) is 8.04. The molecule has 2 rings (SSSR count). The summed E-state index contributed by atoms with van der Waals surface area (Å²) in [4.78, 5) is 37.8. The number of aryl methyl sites for hydroxylation is 1. The normalized spacial score (nSPS) is 12.1. The lowest BCUT2D eigenvalue weighted by Gasteiger charge is -2.24. The Labute approximate surface area is 227 Å². The molecule has 0 saturated carbocycles. The van der Waals surface area contributed by atoms with E-state index >= 15 is 0 Å². The molecule has 6 heteroatoms. The average molecular weight is 523 g/mol. The van der Waals surface area contributed by atoms with Crippen molar-refractivity contribution >= 4 is 23.8 Å². The summed E-state index contributed by atoms with van der Waals surface area (Å²) >= 11 is 0. The average Bonchev–Trinajstić information content (AvgIpc) is 2.82. The van der Waals surface area contributed by atoms with E-state index in [1.807, 2.05) is 54.5 Å². The van der Waals surface area contributed by atoms with Crippen molar-refractivity contribution in [3.63, 3.8) is 0 Å². The smallest absolute Gasteiger partial charge is 0.316 e. The first kappa shape index (κ1) is 30.8. The molecule has 206 valence electrons. The van der Waals surface area contributed by atoms with Gasteiger partial charge in [0.1, 0.15) is 17.2 Å². The van der Waals surface area contributed by atoms with E-state index in [1.54, 1.807) is 51.1 Å². The zero-order valence-electron chi connectivity index (χ0n) is 24.5. The quantitative estimate of drug-likeness (QED) is 0.148. The molecule has 0 amide bonds. The Kier molecular flexibility index (Phi) is 10.1. The number of hydrogen-bond donors (Lipinski definition) is 0. The highest BCUT2D eigenvalue weighted by Gasteiger charge is 2.28. The Morgan fingerprint density at radius 3 is 1.84 bits per heavy atom. The lowest BCUT2D eigenvalue weighted by atomic mass is 9.95. The van der Waals surface area contributed by atoms with Crippen molar-refractivity contribution in [2.24, 2.45) is 10.8 Å². The van der Waals surface area contributed by atoms with Crippen molar-refractivity contribution in [2.75, 3.05) is 0 Å². The molecule has 2 aromatic carbocycles. The van der Waals surface area contributed by atoms with Gasteiger partial charge in [-0.3, -0.25) is 14.4 Å². The lowest BCUT2D eigenvalue weighted by Crippen LogP contribution is -2.26. The highest BCUT2D eigenvalue weighted by atomic mass is 16.5. The summed E-state index contributed by atoms with van der Waals surface area (Å²) in [5.41, 5.74) is 1.60. The predicted octanol–water partition coefficient (Wildman–Crippen LogP) is 7.40. The molecule has 0 fully saturated rings. The highest BCUT2D eigenvalue weighted by molar-refractivity contribution is 6.07. The van der Waals surface area contributed by atoms with Gasteiger partial charge in [0, 0.05) is 16.7 Å². The number of ketones is 1. The first-order valence-corrected chi connectivity index (χ1v) is 13.2. The van der Waals surface area contributed by atoms with E-state index < -0.39 is 10.8 Å². The molecule has 0 atom stereocenters. The highest BCUT2D eigenvalue weighted by Crippen LogP contribution is 2.39. The number of benzene rings is 2. The van der Waals surface area contributed by atoms with Gasteiger partial charge in [-0.05, 0) is 116 Å². The van der Waals surface area contributed by atoms with E-state index in [9.17, 15) is 14.4 Å². The second kappa shape index (κ2) is 12.4. The number of carbonyl (C=O) groups excluding carboxylic acids is 3. The van der Waals surface area contributed by atoms with Crippen LogP contribution in [0.4, 0.5) is 0 Å². The number of esters is 2. The third-order valence-electron chi connectivity index (χ3n) is 5.70. The standard InChI is InChI=1S/C32H42O6/c1-11-21-19-23(28(36-20(3)4)25(12-2)27(21)38-30(35)32(8,9)10)15-18-26(33)22-13-16-24(17-14-22)37-29(34)31(5,6)7/h13-20H,11-12H2,1-10H3. The van der Waals surface area contributed by atoms with Gasteiger partial charge in [0.05, 0.1) is 16.9 Å². The first-order valence-electron chi connectivity index (χ1n) is 13.2. The summed E-state index contributed by atoms with van der Waals surface area (Å²) in [6.45, 7) is 18.7. The number of rotatable bonds is 9. The van der Waals surface area contributed by atoms with Gasteiger partial charge in [-0.15, -0.1) is 0 Å². The minimum atomic E-state index is -0.652. The van der Waals surface area contributed by atoms with Gasteiger partial charge in [0.2, 0.25) is 0 Å². The Hall–Kier alpha value is -3.41. The van der Waals surface area contributed by atoms with Crippen LogP contribution in [0.3, 0.4) is 0 Å². The molecule has 0 spiro atoms. The topological polar surface area (TPSA) is 78.9 Å². The van der Waals surface area contributed by atoms with Crippen LogP contribution in [0.2, 0.25) is 0 Å². The van der Waals surface area contributed by atoms with Gasteiger partial charge in [-0.2, -0.15) is 0 Å². The Morgan fingerprint density at radius 1 is 0.816 bits per heavy atom. The monoisotopic (exact) mass is 522 g/mol. The fourth-order valence-corrected chi connectivity index (χ4v) is 3.45. The van der Waals surface area contributed by atoms with Crippen LogP contribution < -0.4 is 14.2 Å². The maximum atomic E-state index is 13.0. The maximum absolute atomic E-state index is 13.0. The molecule has 0 aromatic heterocycles. The van der Waals surface area contributed by atoms with E-state index in [2.05, 4.69) is 0 Å². The van der Waals surface area contributed by atoms with Crippen molar-refractivity contribution in [3.05, 3.63) is 58.7 Å². The summed E-state index contributed by atoms with van der Waals surface area (Å²) in [6, 6.07) is 8.41. The summed E-state index contributed by atoms with van der Waals surface area (Å²) < 4.78 is 17.5. The molecule has 6 nitrogen and oxygen atoms in total. The molecule has 0 aliphatic rings.